The van der Waals surface area contributed by atoms with E-state index in [1.807, 2.05) is 17.5 Å². The molecule has 2 N–H and O–H groups in total. The Morgan fingerprint density at radius 3 is 2.86 bits per heavy atom. The normalized spacial score (nSPS) is 20.7. The highest BCUT2D eigenvalue weighted by molar-refractivity contribution is 7.14. The Morgan fingerprint density at radius 2 is 2.14 bits per heavy atom. The van der Waals surface area contributed by atoms with Crippen LogP contribution in [-0.2, 0) is 0 Å². The average molecular weight is 313 g/mol. The van der Waals surface area contributed by atoms with E-state index in [0.717, 1.165) is 28.5 Å². The van der Waals surface area contributed by atoms with Crippen LogP contribution in [0.15, 0.2) is 53.8 Å². The second-order valence-corrected chi connectivity index (χ2v) is 6.27. The summed E-state index contributed by atoms with van der Waals surface area (Å²) in [7, 11) is 0. The van der Waals surface area contributed by atoms with Crippen molar-refractivity contribution < 1.29 is 5.11 Å². The molecule has 2 heterocycles. The van der Waals surface area contributed by atoms with E-state index in [1.165, 1.54) is 0 Å². The van der Waals surface area contributed by atoms with Crippen molar-refractivity contribution >= 4 is 16.5 Å². The summed E-state index contributed by atoms with van der Waals surface area (Å²) in [6.45, 7) is 2.41. The molecule has 22 heavy (non-hydrogen) atoms. The van der Waals surface area contributed by atoms with Gasteiger partial charge in [-0.05, 0) is 36.5 Å². The van der Waals surface area contributed by atoms with E-state index < -0.39 is 0 Å². The van der Waals surface area contributed by atoms with Crippen molar-refractivity contribution in [3.8, 4) is 11.3 Å². The molecule has 0 radical (unpaired) electrons. The maximum atomic E-state index is 9.07. The number of hydrogen-bond acceptors (Lipinski definition) is 5. The average Bonchev–Trinajstić information content (AvgIpc) is 3.00. The van der Waals surface area contributed by atoms with E-state index in [0.29, 0.717) is 11.8 Å². The molecule has 2 aromatic heterocycles. The Labute approximate surface area is 134 Å². The fourth-order valence-corrected chi connectivity index (χ4v) is 3.31. The summed E-state index contributed by atoms with van der Waals surface area (Å²) in [5.74, 6) is 0.832. The number of nitrogens with zero attached hydrogens (tertiary/aromatic N) is 2. The minimum Gasteiger partial charge on any atom is -0.396 e. The van der Waals surface area contributed by atoms with E-state index in [4.69, 9.17) is 5.11 Å². The molecule has 0 amide bonds. The summed E-state index contributed by atoms with van der Waals surface area (Å²) in [4.78, 5) is 8.65. The fraction of sp³-hybridized carbons (Fsp3) is 0.294. The molecule has 0 saturated carbocycles. The first-order chi connectivity index (χ1) is 10.8. The predicted molar refractivity (Wildman–Crippen MR) is 90.5 cm³/mol. The monoisotopic (exact) mass is 313 g/mol. The van der Waals surface area contributed by atoms with Gasteiger partial charge in [0, 0.05) is 35.6 Å². The lowest BCUT2D eigenvalue weighted by Gasteiger charge is -2.22. The molecule has 114 valence electrons. The second-order valence-electron chi connectivity index (χ2n) is 5.42. The molecule has 2 atom stereocenters. The van der Waals surface area contributed by atoms with Crippen LogP contribution in [0.2, 0.25) is 0 Å². The molecule has 3 rings (SSSR count). The zero-order valence-corrected chi connectivity index (χ0v) is 13.3. The second kappa shape index (κ2) is 6.85. The standard InChI is InChI=1S/C17H19N3OS/c1-12-10-15(3-2-13(12)6-9-21)19-17-20-16(11-22-17)14-4-7-18-8-5-14/h2-5,7-8,10-13,21H,6,9H2,1H3,(H,19,20). The Morgan fingerprint density at radius 1 is 1.32 bits per heavy atom. The topological polar surface area (TPSA) is 58.0 Å². The van der Waals surface area contributed by atoms with Gasteiger partial charge in [0.2, 0.25) is 0 Å². The van der Waals surface area contributed by atoms with E-state index >= 15 is 0 Å². The van der Waals surface area contributed by atoms with E-state index in [1.54, 1.807) is 23.7 Å². The van der Waals surface area contributed by atoms with Gasteiger partial charge >= 0.3 is 0 Å². The van der Waals surface area contributed by atoms with Crippen LogP contribution in [0.5, 0.6) is 0 Å². The minimum atomic E-state index is 0.234. The van der Waals surface area contributed by atoms with Crippen LogP contribution in [0, 0.1) is 11.8 Å². The van der Waals surface area contributed by atoms with Gasteiger partial charge in [0.1, 0.15) is 0 Å². The van der Waals surface area contributed by atoms with Crippen molar-refractivity contribution in [2.75, 3.05) is 11.9 Å². The lowest BCUT2D eigenvalue weighted by atomic mass is 9.87. The molecule has 2 unspecified atom stereocenters. The first-order valence-electron chi connectivity index (χ1n) is 7.40. The summed E-state index contributed by atoms with van der Waals surface area (Å²) >= 11 is 1.59. The van der Waals surface area contributed by atoms with E-state index in [-0.39, 0.29) is 6.61 Å². The van der Waals surface area contributed by atoms with Gasteiger partial charge in [-0.1, -0.05) is 19.1 Å². The van der Waals surface area contributed by atoms with Crippen LogP contribution in [0.25, 0.3) is 11.3 Å². The molecule has 0 saturated heterocycles. The van der Waals surface area contributed by atoms with Crippen LogP contribution in [-0.4, -0.2) is 21.7 Å². The highest BCUT2D eigenvalue weighted by Gasteiger charge is 2.16. The summed E-state index contributed by atoms with van der Waals surface area (Å²) in [5.41, 5.74) is 3.10. The van der Waals surface area contributed by atoms with Gasteiger partial charge in [0.15, 0.2) is 5.13 Å². The number of rotatable bonds is 5. The van der Waals surface area contributed by atoms with E-state index in [2.05, 4.69) is 40.4 Å². The SMILES string of the molecule is CC1C=C(Nc2nc(-c3ccncc3)cs2)C=CC1CCO. The first-order valence-corrected chi connectivity index (χ1v) is 8.28. The molecular formula is C17H19N3OS. The van der Waals surface area contributed by atoms with Gasteiger partial charge in [0.05, 0.1) is 5.69 Å². The quantitative estimate of drug-likeness (QED) is 0.883. The first kappa shape index (κ1) is 14.9. The molecule has 0 fully saturated rings. The van der Waals surface area contributed by atoms with Crippen molar-refractivity contribution in [3.63, 3.8) is 0 Å². The highest BCUT2D eigenvalue weighted by Crippen LogP contribution is 2.29. The molecule has 2 aromatic rings. The molecule has 0 spiro atoms. The van der Waals surface area contributed by atoms with E-state index in [9.17, 15) is 0 Å². The van der Waals surface area contributed by atoms with Gasteiger partial charge in [-0.25, -0.2) is 4.98 Å². The van der Waals surface area contributed by atoms with Crippen molar-refractivity contribution in [3.05, 3.63) is 53.8 Å². The Balaban J connectivity index is 1.69. The maximum Gasteiger partial charge on any atom is 0.187 e. The zero-order valence-electron chi connectivity index (χ0n) is 12.4. The zero-order chi connectivity index (χ0) is 15.4. The Kier molecular flexibility index (Phi) is 4.65. The van der Waals surface area contributed by atoms with Crippen molar-refractivity contribution in [1.29, 1.82) is 0 Å². The fourth-order valence-electron chi connectivity index (χ4n) is 2.57. The number of aromatic nitrogens is 2. The molecule has 4 nitrogen and oxygen atoms in total. The Hall–Kier alpha value is -1.98. The number of aliphatic hydroxyl groups excluding tert-OH is 1. The number of hydrogen-bond donors (Lipinski definition) is 2. The lowest BCUT2D eigenvalue weighted by molar-refractivity contribution is 0.257. The molecule has 5 heteroatoms. The summed E-state index contributed by atoms with van der Waals surface area (Å²) < 4.78 is 0. The van der Waals surface area contributed by atoms with Gasteiger partial charge in [-0.3, -0.25) is 4.98 Å². The maximum absolute atomic E-state index is 9.07. The number of nitrogens with one attached hydrogen (secondary N) is 1. The van der Waals surface area contributed by atoms with Gasteiger partial charge in [-0.15, -0.1) is 11.3 Å². The molecule has 0 bridgehead atoms. The van der Waals surface area contributed by atoms with Crippen LogP contribution in [0.4, 0.5) is 5.13 Å². The summed E-state index contributed by atoms with van der Waals surface area (Å²) in [6, 6.07) is 3.92. The molecule has 0 aromatic carbocycles. The van der Waals surface area contributed by atoms with Crippen molar-refractivity contribution in [1.82, 2.24) is 9.97 Å². The third-order valence-corrected chi connectivity index (χ3v) is 4.59. The van der Waals surface area contributed by atoms with Gasteiger partial charge in [0.25, 0.3) is 0 Å². The predicted octanol–water partition coefficient (Wildman–Crippen LogP) is 3.71. The molecule has 1 aliphatic carbocycles. The molecule has 1 aliphatic rings. The number of thiazole rings is 1. The minimum absolute atomic E-state index is 0.234. The Bertz CT molecular complexity index is 678. The molecule has 0 aliphatic heterocycles. The number of aliphatic hydroxyl groups is 1. The van der Waals surface area contributed by atoms with Crippen LogP contribution in [0.1, 0.15) is 13.3 Å². The van der Waals surface area contributed by atoms with Crippen molar-refractivity contribution in [2.45, 2.75) is 13.3 Å². The van der Waals surface area contributed by atoms with Crippen LogP contribution >= 0.6 is 11.3 Å². The van der Waals surface area contributed by atoms with Crippen LogP contribution < -0.4 is 5.32 Å². The van der Waals surface area contributed by atoms with Crippen LogP contribution in [0.3, 0.4) is 0 Å². The largest absolute Gasteiger partial charge is 0.396 e. The number of allylic oxidation sites excluding steroid dienone is 3. The molecular weight excluding hydrogens is 294 g/mol. The third kappa shape index (κ3) is 3.43. The van der Waals surface area contributed by atoms with Gasteiger partial charge in [-0.2, -0.15) is 0 Å². The number of anilines is 1. The summed E-state index contributed by atoms with van der Waals surface area (Å²) in [5, 5.41) is 15.4. The highest BCUT2D eigenvalue weighted by atomic mass is 32.1. The van der Waals surface area contributed by atoms with Crippen molar-refractivity contribution in [2.24, 2.45) is 11.8 Å². The summed E-state index contributed by atoms with van der Waals surface area (Å²) in [6.07, 6.45) is 10.8. The smallest absolute Gasteiger partial charge is 0.187 e. The lowest BCUT2D eigenvalue weighted by Crippen LogP contribution is -2.14. The van der Waals surface area contributed by atoms with Gasteiger partial charge < -0.3 is 10.4 Å². The number of pyridine rings is 1. The third-order valence-electron chi connectivity index (χ3n) is 3.83.